The highest BCUT2D eigenvalue weighted by atomic mass is 35.5. The molecule has 0 aliphatic carbocycles. The van der Waals surface area contributed by atoms with Gasteiger partial charge in [-0.15, -0.1) is 0 Å². The normalized spacial score (nSPS) is 14.1. The van der Waals surface area contributed by atoms with Gasteiger partial charge >= 0.3 is 5.69 Å². The fourth-order valence-electron chi connectivity index (χ4n) is 2.50. The Kier molecular flexibility index (Phi) is 4.49. The monoisotopic (exact) mass is 353 g/mol. The van der Waals surface area contributed by atoms with Gasteiger partial charge in [-0.1, -0.05) is 23.2 Å². The maximum Gasteiger partial charge on any atom is 0.353 e. The third-order valence-electron chi connectivity index (χ3n) is 3.57. The van der Waals surface area contributed by atoms with Crippen LogP contribution in [-0.2, 0) is 0 Å². The summed E-state index contributed by atoms with van der Waals surface area (Å²) in [7, 11) is 0. The second kappa shape index (κ2) is 6.55. The maximum atomic E-state index is 11.5. The highest BCUT2D eigenvalue weighted by molar-refractivity contribution is 6.42. The van der Waals surface area contributed by atoms with Gasteiger partial charge in [0.15, 0.2) is 0 Å². The Morgan fingerprint density at radius 1 is 1.17 bits per heavy atom. The van der Waals surface area contributed by atoms with Crippen LogP contribution in [0, 0.1) is 10.1 Å². The molecular weight excluding hydrogens is 341 g/mol. The van der Waals surface area contributed by atoms with Gasteiger partial charge in [-0.3, -0.25) is 10.1 Å². The third kappa shape index (κ3) is 3.30. The van der Waals surface area contributed by atoms with Crippen LogP contribution in [0.15, 0.2) is 24.5 Å². The number of hydrogen-bond donors (Lipinski definition) is 1. The first kappa shape index (κ1) is 15.8. The van der Waals surface area contributed by atoms with Gasteiger partial charge in [0.1, 0.15) is 6.33 Å². The number of benzene rings is 1. The molecule has 1 aromatic heterocycles. The molecule has 1 aliphatic heterocycles. The molecule has 0 spiro atoms. The number of hydrogen-bond acceptors (Lipinski definition) is 6. The molecule has 23 heavy (non-hydrogen) atoms. The molecule has 3 rings (SSSR count). The van der Waals surface area contributed by atoms with Crippen molar-refractivity contribution in [2.24, 2.45) is 0 Å². The fraction of sp³-hybridized carbons (Fsp3) is 0.286. The van der Waals surface area contributed by atoms with Crippen LogP contribution in [0.1, 0.15) is 12.8 Å². The van der Waals surface area contributed by atoms with Crippen molar-refractivity contribution >= 4 is 46.2 Å². The molecule has 0 saturated carbocycles. The van der Waals surface area contributed by atoms with Crippen LogP contribution in [0.2, 0.25) is 10.0 Å². The van der Waals surface area contributed by atoms with Gasteiger partial charge in [-0.25, -0.2) is 9.97 Å². The number of aromatic nitrogens is 2. The van der Waals surface area contributed by atoms with Crippen LogP contribution in [0.25, 0.3) is 0 Å². The van der Waals surface area contributed by atoms with E-state index in [4.69, 9.17) is 23.2 Å². The van der Waals surface area contributed by atoms with E-state index in [0.717, 1.165) is 25.9 Å². The molecular formula is C14H13Cl2N5O2. The molecule has 0 bridgehead atoms. The molecule has 1 aliphatic rings. The van der Waals surface area contributed by atoms with Crippen molar-refractivity contribution in [3.05, 3.63) is 44.7 Å². The zero-order valence-electron chi connectivity index (χ0n) is 12.0. The second-order valence-corrected chi connectivity index (χ2v) is 5.91. The number of nitrogens with zero attached hydrogens (tertiary/aromatic N) is 4. The summed E-state index contributed by atoms with van der Waals surface area (Å²) in [6, 6.07) is 4.88. The molecule has 0 radical (unpaired) electrons. The highest BCUT2D eigenvalue weighted by Gasteiger charge is 2.28. The number of nitro groups is 1. The van der Waals surface area contributed by atoms with E-state index in [-0.39, 0.29) is 11.5 Å². The minimum Gasteiger partial charge on any atom is -0.351 e. The molecule has 0 unspecified atom stereocenters. The number of rotatable bonds is 4. The zero-order valence-corrected chi connectivity index (χ0v) is 13.5. The van der Waals surface area contributed by atoms with E-state index >= 15 is 0 Å². The van der Waals surface area contributed by atoms with Crippen LogP contribution in [0.3, 0.4) is 0 Å². The average molecular weight is 354 g/mol. The SMILES string of the molecule is O=[N+]([O-])c1c(Nc2ccc(Cl)c(Cl)c2)ncnc1N1CCCC1. The molecule has 1 N–H and O–H groups in total. The Hall–Kier alpha value is -2.12. The second-order valence-electron chi connectivity index (χ2n) is 5.10. The van der Waals surface area contributed by atoms with Crippen LogP contribution >= 0.6 is 23.2 Å². The van der Waals surface area contributed by atoms with Crippen LogP contribution in [0.5, 0.6) is 0 Å². The molecule has 120 valence electrons. The summed E-state index contributed by atoms with van der Waals surface area (Å²) in [4.78, 5) is 21.1. The van der Waals surface area contributed by atoms with E-state index in [1.807, 2.05) is 4.90 Å². The summed E-state index contributed by atoms with van der Waals surface area (Å²) in [5, 5.41) is 15.2. The van der Waals surface area contributed by atoms with Gasteiger partial charge in [0.2, 0.25) is 11.6 Å². The fourth-order valence-corrected chi connectivity index (χ4v) is 2.80. The Bertz CT molecular complexity index is 750. The third-order valence-corrected chi connectivity index (χ3v) is 4.31. The summed E-state index contributed by atoms with van der Waals surface area (Å²) >= 11 is 11.8. The number of anilines is 3. The van der Waals surface area contributed by atoms with E-state index in [9.17, 15) is 10.1 Å². The minimum atomic E-state index is -0.465. The van der Waals surface area contributed by atoms with Crippen molar-refractivity contribution in [1.82, 2.24) is 9.97 Å². The molecule has 1 aromatic carbocycles. The van der Waals surface area contributed by atoms with Crippen molar-refractivity contribution in [2.75, 3.05) is 23.3 Å². The van der Waals surface area contributed by atoms with Gasteiger partial charge in [0, 0.05) is 18.8 Å². The van der Waals surface area contributed by atoms with Gasteiger partial charge in [0.25, 0.3) is 0 Å². The topological polar surface area (TPSA) is 84.2 Å². The Morgan fingerprint density at radius 2 is 1.91 bits per heavy atom. The van der Waals surface area contributed by atoms with Crippen molar-refractivity contribution in [1.29, 1.82) is 0 Å². The molecule has 0 amide bonds. The number of nitrogens with one attached hydrogen (secondary N) is 1. The largest absolute Gasteiger partial charge is 0.353 e. The van der Waals surface area contributed by atoms with E-state index in [2.05, 4.69) is 15.3 Å². The van der Waals surface area contributed by atoms with Crippen molar-refractivity contribution < 1.29 is 4.92 Å². The minimum absolute atomic E-state index is 0.130. The predicted octanol–water partition coefficient (Wildman–Crippen LogP) is 4.04. The van der Waals surface area contributed by atoms with E-state index in [1.54, 1.807) is 18.2 Å². The zero-order chi connectivity index (χ0) is 16.4. The summed E-state index contributed by atoms with van der Waals surface area (Å²) < 4.78 is 0. The lowest BCUT2D eigenvalue weighted by Gasteiger charge is -2.17. The quantitative estimate of drug-likeness (QED) is 0.659. The van der Waals surface area contributed by atoms with E-state index < -0.39 is 4.92 Å². The van der Waals surface area contributed by atoms with Crippen molar-refractivity contribution in [3.63, 3.8) is 0 Å². The lowest BCUT2D eigenvalue weighted by molar-refractivity contribution is -0.383. The number of halogens is 2. The first-order valence-electron chi connectivity index (χ1n) is 7.02. The summed E-state index contributed by atoms with van der Waals surface area (Å²) in [6.45, 7) is 1.51. The molecule has 9 heteroatoms. The molecule has 1 fully saturated rings. The van der Waals surface area contributed by atoms with Crippen molar-refractivity contribution in [3.8, 4) is 0 Å². The highest BCUT2D eigenvalue weighted by Crippen LogP contribution is 2.35. The first-order chi connectivity index (χ1) is 11.1. The van der Waals surface area contributed by atoms with Crippen LogP contribution < -0.4 is 10.2 Å². The molecule has 2 aromatic rings. The molecule has 2 heterocycles. The van der Waals surface area contributed by atoms with Gasteiger partial charge in [-0.05, 0) is 31.0 Å². The van der Waals surface area contributed by atoms with E-state index in [1.165, 1.54) is 6.33 Å². The van der Waals surface area contributed by atoms with Gasteiger partial charge in [0.05, 0.1) is 15.0 Å². The van der Waals surface area contributed by atoms with Gasteiger partial charge in [-0.2, -0.15) is 0 Å². The standard InChI is InChI=1S/C14H13Cl2N5O2/c15-10-4-3-9(7-11(10)16)19-13-12(21(22)23)14(18-8-17-13)20-5-1-2-6-20/h3-4,7-8H,1-2,5-6H2,(H,17,18,19). The average Bonchev–Trinajstić information content (AvgIpc) is 3.05. The Labute approximate surface area is 142 Å². The van der Waals surface area contributed by atoms with Crippen molar-refractivity contribution in [2.45, 2.75) is 12.8 Å². The Balaban J connectivity index is 1.99. The molecule has 7 nitrogen and oxygen atoms in total. The summed E-state index contributed by atoms with van der Waals surface area (Å²) in [6.07, 6.45) is 3.31. The maximum absolute atomic E-state index is 11.5. The lowest BCUT2D eigenvalue weighted by Crippen LogP contribution is -2.21. The summed E-state index contributed by atoms with van der Waals surface area (Å²) in [5.74, 6) is 0.468. The molecule has 0 atom stereocenters. The molecule has 1 saturated heterocycles. The van der Waals surface area contributed by atoms with Gasteiger partial charge < -0.3 is 10.2 Å². The predicted molar refractivity (Wildman–Crippen MR) is 89.9 cm³/mol. The van der Waals surface area contributed by atoms with Crippen LogP contribution in [-0.4, -0.2) is 28.0 Å². The summed E-state index contributed by atoms with van der Waals surface area (Å²) in [5.41, 5.74) is 0.425. The smallest absolute Gasteiger partial charge is 0.351 e. The lowest BCUT2D eigenvalue weighted by atomic mass is 10.3. The van der Waals surface area contributed by atoms with E-state index in [0.29, 0.717) is 21.6 Å². The van der Waals surface area contributed by atoms with Crippen LogP contribution in [0.4, 0.5) is 23.0 Å². The first-order valence-corrected chi connectivity index (χ1v) is 7.78. The Morgan fingerprint density at radius 3 is 2.57 bits per heavy atom.